The van der Waals surface area contributed by atoms with Crippen LogP contribution in [0, 0.1) is 0 Å². The van der Waals surface area contributed by atoms with Crippen LogP contribution in [0.25, 0.3) is 0 Å². The number of aliphatic hydroxyl groups is 1. The van der Waals surface area contributed by atoms with Crippen molar-refractivity contribution in [2.75, 3.05) is 26.9 Å². The number of nitrogens with one attached hydrogen (secondary N) is 1. The van der Waals surface area contributed by atoms with Crippen molar-refractivity contribution in [1.29, 1.82) is 0 Å². The number of aliphatic hydroxyl groups excluding tert-OH is 1. The number of hydrogen-bond donors (Lipinski definition) is 2. The topological polar surface area (TPSA) is 50.7 Å². The number of benzene rings is 1. The molecule has 4 nitrogen and oxygen atoms in total. The summed E-state index contributed by atoms with van der Waals surface area (Å²) in [5.41, 5.74) is 1.03. The van der Waals surface area contributed by atoms with E-state index in [0.29, 0.717) is 29.7 Å². The maximum absolute atomic E-state index is 8.71. The Morgan fingerprint density at radius 3 is 2.79 bits per heavy atom. The first-order chi connectivity index (χ1) is 9.22. The molecule has 0 atom stereocenters. The Balaban J connectivity index is 2.71. The second kappa shape index (κ2) is 9.02. The van der Waals surface area contributed by atoms with Crippen LogP contribution in [0.1, 0.15) is 25.3 Å². The minimum absolute atomic E-state index is 0.195. The molecule has 0 aliphatic rings. The van der Waals surface area contributed by atoms with Gasteiger partial charge in [0.05, 0.1) is 18.7 Å². The Bertz CT molecular complexity index is 385. The minimum atomic E-state index is 0.195. The van der Waals surface area contributed by atoms with Crippen LogP contribution >= 0.6 is 11.6 Å². The molecule has 1 rings (SSSR count). The molecule has 0 heterocycles. The number of hydrogen-bond acceptors (Lipinski definition) is 4. The highest BCUT2D eigenvalue weighted by Gasteiger charge is 2.11. The molecule has 0 unspecified atom stereocenters. The van der Waals surface area contributed by atoms with Crippen LogP contribution in [-0.2, 0) is 6.54 Å². The minimum Gasteiger partial charge on any atom is -0.493 e. The fraction of sp³-hybridized carbons (Fsp3) is 0.571. The molecule has 0 saturated carbocycles. The van der Waals surface area contributed by atoms with Crippen LogP contribution in [0.4, 0.5) is 0 Å². The van der Waals surface area contributed by atoms with Crippen molar-refractivity contribution >= 4 is 11.6 Å². The highest BCUT2D eigenvalue weighted by atomic mass is 35.5. The maximum Gasteiger partial charge on any atom is 0.179 e. The predicted octanol–water partition coefficient (Wildman–Crippen LogP) is 2.61. The number of methoxy groups -OCH3 is 1. The third-order valence-electron chi connectivity index (χ3n) is 2.58. The lowest BCUT2D eigenvalue weighted by Crippen LogP contribution is -2.15. The van der Waals surface area contributed by atoms with Gasteiger partial charge in [-0.05, 0) is 37.1 Å². The van der Waals surface area contributed by atoms with Gasteiger partial charge in [-0.25, -0.2) is 0 Å². The van der Waals surface area contributed by atoms with Gasteiger partial charge in [0.2, 0.25) is 0 Å². The Kier molecular flexibility index (Phi) is 7.63. The maximum atomic E-state index is 8.71. The molecule has 5 heteroatoms. The van der Waals surface area contributed by atoms with Crippen molar-refractivity contribution in [3.05, 3.63) is 22.7 Å². The van der Waals surface area contributed by atoms with E-state index in [1.807, 2.05) is 19.1 Å². The van der Waals surface area contributed by atoms with E-state index >= 15 is 0 Å². The lowest BCUT2D eigenvalue weighted by Gasteiger charge is -2.14. The fourth-order valence-electron chi connectivity index (χ4n) is 1.66. The van der Waals surface area contributed by atoms with Crippen LogP contribution in [0.2, 0.25) is 5.02 Å². The zero-order chi connectivity index (χ0) is 14.1. The van der Waals surface area contributed by atoms with E-state index in [4.69, 9.17) is 26.2 Å². The molecule has 108 valence electrons. The van der Waals surface area contributed by atoms with Crippen LogP contribution in [0.3, 0.4) is 0 Å². The molecule has 0 radical (unpaired) electrons. The Hall–Kier alpha value is -0.970. The predicted molar refractivity (Wildman–Crippen MR) is 77.2 cm³/mol. The molecular formula is C14H22ClNO3. The summed E-state index contributed by atoms with van der Waals surface area (Å²) in [6.07, 6.45) is 1.66. The van der Waals surface area contributed by atoms with Crippen molar-refractivity contribution in [3.8, 4) is 11.5 Å². The van der Waals surface area contributed by atoms with Gasteiger partial charge >= 0.3 is 0 Å². The van der Waals surface area contributed by atoms with E-state index < -0.39 is 0 Å². The standard InChI is InChI=1S/C14H22ClNO3/c1-3-7-19-14-12(15)8-11(9-13(14)18-2)10-16-5-4-6-17/h8-9,16-17H,3-7,10H2,1-2H3. The van der Waals surface area contributed by atoms with Crippen molar-refractivity contribution in [3.63, 3.8) is 0 Å². The number of rotatable bonds is 9. The zero-order valence-corrected chi connectivity index (χ0v) is 12.3. The third kappa shape index (κ3) is 5.27. The molecule has 0 aliphatic carbocycles. The molecule has 0 aromatic heterocycles. The Morgan fingerprint density at radius 1 is 1.37 bits per heavy atom. The molecule has 0 fully saturated rings. The summed E-state index contributed by atoms with van der Waals surface area (Å²) in [5, 5.41) is 12.5. The first-order valence-electron chi connectivity index (χ1n) is 6.53. The van der Waals surface area contributed by atoms with Crippen LogP contribution in [0.15, 0.2) is 12.1 Å². The molecule has 1 aromatic rings. The van der Waals surface area contributed by atoms with Gasteiger partial charge in [-0.2, -0.15) is 0 Å². The molecule has 0 bridgehead atoms. The fourth-order valence-corrected chi connectivity index (χ4v) is 1.94. The number of ether oxygens (including phenoxy) is 2. The smallest absolute Gasteiger partial charge is 0.179 e. The van der Waals surface area contributed by atoms with E-state index in [0.717, 1.165) is 24.9 Å². The zero-order valence-electron chi connectivity index (χ0n) is 11.5. The molecule has 0 spiro atoms. The number of halogens is 1. The van der Waals surface area contributed by atoms with Gasteiger partial charge in [0.1, 0.15) is 0 Å². The Labute approximate surface area is 119 Å². The molecule has 1 aromatic carbocycles. The van der Waals surface area contributed by atoms with Crippen LogP contribution < -0.4 is 14.8 Å². The van der Waals surface area contributed by atoms with Gasteiger partial charge in [-0.3, -0.25) is 0 Å². The SMILES string of the molecule is CCCOc1c(Cl)cc(CNCCCO)cc1OC. The molecule has 0 saturated heterocycles. The average molecular weight is 288 g/mol. The highest BCUT2D eigenvalue weighted by molar-refractivity contribution is 6.32. The van der Waals surface area contributed by atoms with Gasteiger partial charge in [0.15, 0.2) is 11.5 Å². The van der Waals surface area contributed by atoms with Gasteiger partial charge in [0.25, 0.3) is 0 Å². The third-order valence-corrected chi connectivity index (χ3v) is 2.86. The summed E-state index contributed by atoms with van der Waals surface area (Å²) in [6, 6.07) is 3.80. The molecule has 19 heavy (non-hydrogen) atoms. The molecule has 0 aliphatic heterocycles. The second-order valence-corrected chi connectivity index (χ2v) is 4.62. The van der Waals surface area contributed by atoms with E-state index in [1.165, 1.54) is 0 Å². The van der Waals surface area contributed by atoms with E-state index in [1.54, 1.807) is 7.11 Å². The lowest BCUT2D eigenvalue weighted by molar-refractivity contribution is 0.286. The van der Waals surface area contributed by atoms with Crippen molar-refractivity contribution < 1.29 is 14.6 Å². The van der Waals surface area contributed by atoms with E-state index in [9.17, 15) is 0 Å². The van der Waals surface area contributed by atoms with Crippen molar-refractivity contribution in [1.82, 2.24) is 5.32 Å². The second-order valence-electron chi connectivity index (χ2n) is 4.21. The summed E-state index contributed by atoms with van der Waals surface area (Å²) in [4.78, 5) is 0. The molecule has 0 amide bonds. The van der Waals surface area contributed by atoms with Crippen LogP contribution in [-0.4, -0.2) is 32.0 Å². The van der Waals surface area contributed by atoms with Crippen molar-refractivity contribution in [2.45, 2.75) is 26.3 Å². The van der Waals surface area contributed by atoms with Crippen molar-refractivity contribution in [2.24, 2.45) is 0 Å². The van der Waals surface area contributed by atoms with Gasteiger partial charge in [-0.15, -0.1) is 0 Å². The summed E-state index contributed by atoms with van der Waals surface area (Å²) >= 11 is 6.22. The monoisotopic (exact) mass is 287 g/mol. The van der Waals surface area contributed by atoms with E-state index in [2.05, 4.69) is 5.32 Å². The van der Waals surface area contributed by atoms with Gasteiger partial charge in [-0.1, -0.05) is 18.5 Å². The lowest BCUT2D eigenvalue weighted by atomic mass is 10.2. The first kappa shape index (κ1) is 16.1. The summed E-state index contributed by atoms with van der Waals surface area (Å²) in [7, 11) is 1.60. The Morgan fingerprint density at radius 2 is 2.16 bits per heavy atom. The van der Waals surface area contributed by atoms with E-state index in [-0.39, 0.29) is 6.61 Å². The summed E-state index contributed by atoms with van der Waals surface area (Å²) in [6.45, 7) is 4.31. The first-order valence-corrected chi connectivity index (χ1v) is 6.91. The quantitative estimate of drug-likeness (QED) is 0.686. The molecule has 2 N–H and O–H groups in total. The van der Waals surface area contributed by atoms with Crippen LogP contribution in [0.5, 0.6) is 11.5 Å². The van der Waals surface area contributed by atoms with Gasteiger partial charge in [0, 0.05) is 13.2 Å². The van der Waals surface area contributed by atoms with Gasteiger partial charge < -0.3 is 19.9 Å². The normalized spacial score (nSPS) is 10.5. The highest BCUT2D eigenvalue weighted by Crippen LogP contribution is 2.36. The largest absolute Gasteiger partial charge is 0.493 e. The summed E-state index contributed by atoms with van der Waals surface area (Å²) in [5.74, 6) is 1.25. The molecular weight excluding hydrogens is 266 g/mol. The summed E-state index contributed by atoms with van der Waals surface area (Å²) < 4.78 is 10.9. The average Bonchev–Trinajstić information content (AvgIpc) is 2.42.